The van der Waals surface area contributed by atoms with Crippen LogP contribution in [0.25, 0.3) is 0 Å². The van der Waals surface area contributed by atoms with Gasteiger partial charge in [-0.25, -0.2) is 0 Å². The zero-order chi connectivity index (χ0) is 10.7. The van der Waals surface area contributed by atoms with Gasteiger partial charge in [-0.2, -0.15) is 0 Å². The Kier molecular flexibility index (Phi) is 3.30. The third kappa shape index (κ3) is 1.96. The summed E-state index contributed by atoms with van der Waals surface area (Å²) in [5.41, 5.74) is 0.812. The normalized spacial score (nSPS) is 12.6. The number of aliphatic hydroxyl groups is 1. The summed E-state index contributed by atoms with van der Waals surface area (Å²) in [5, 5.41) is 8.90. The molecule has 14 heavy (non-hydrogen) atoms. The Hall–Kier alpha value is -1.29. The van der Waals surface area contributed by atoms with Gasteiger partial charge in [-0.1, -0.05) is 0 Å². The molecule has 1 aromatic rings. The zero-order valence-electron chi connectivity index (χ0n) is 8.65. The maximum absolute atomic E-state index is 11.7. The van der Waals surface area contributed by atoms with E-state index in [1.54, 1.807) is 20.0 Å². The Balaban J connectivity index is 2.81. The molecule has 0 fully saturated rings. The molecule has 0 aliphatic rings. The molecule has 1 amide bonds. The first-order valence-corrected chi connectivity index (χ1v) is 4.50. The summed E-state index contributed by atoms with van der Waals surface area (Å²) >= 11 is 0. The van der Waals surface area contributed by atoms with Crippen LogP contribution in [0.5, 0.6) is 0 Å². The van der Waals surface area contributed by atoms with E-state index in [1.807, 2.05) is 6.92 Å². The highest BCUT2D eigenvalue weighted by Gasteiger charge is 2.20. The Morgan fingerprint density at radius 1 is 1.71 bits per heavy atom. The topological polar surface area (TPSA) is 53.7 Å². The molecule has 1 rings (SSSR count). The number of furan rings is 1. The lowest BCUT2D eigenvalue weighted by atomic mass is 10.2. The van der Waals surface area contributed by atoms with Gasteiger partial charge in [0.1, 0.15) is 0 Å². The van der Waals surface area contributed by atoms with E-state index in [9.17, 15) is 4.79 Å². The molecule has 0 saturated heterocycles. The summed E-state index contributed by atoms with van der Waals surface area (Å²) in [7, 11) is 1.64. The third-order valence-electron chi connectivity index (χ3n) is 2.30. The molecule has 0 radical (unpaired) electrons. The van der Waals surface area contributed by atoms with Crippen LogP contribution in [0.15, 0.2) is 16.7 Å². The molecule has 0 saturated carbocycles. The molecule has 1 N–H and O–H groups in total. The first-order chi connectivity index (χ1) is 6.57. The summed E-state index contributed by atoms with van der Waals surface area (Å²) in [6.07, 6.45) is 1.49. The largest absolute Gasteiger partial charge is 0.459 e. The standard InChI is InChI=1S/C10H15NO3/c1-7-4-5-14-9(7)10(13)11(3)8(2)6-12/h4-5,8,12H,6H2,1-3H3. The number of hydrogen-bond donors (Lipinski definition) is 1. The molecular formula is C10H15NO3. The van der Waals surface area contributed by atoms with Crippen LogP contribution in [0.3, 0.4) is 0 Å². The number of aliphatic hydroxyl groups excluding tert-OH is 1. The molecule has 0 aliphatic heterocycles. The van der Waals surface area contributed by atoms with E-state index in [2.05, 4.69) is 0 Å². The lowest BCUT2D eigenvalue weighted by Gasteiger charge is -2.22. The predicted molar refractivity (Wildman–Crippen MR) is 52.1 cm³/mol. The van der Waals surface area contributed by atoms with Crippen LogP contribution < -0.4 is 0 Å². The molecule has 0 aromatic carbocycles. The van der Waals surface area contributed by atoms with Crippen LogP contribution in [0, 0.1) is 6.92 Å². The van der Waals surface area contributed by atoms with Gasteiger partial charge >= 0.3 is 0 Å². The molecular weight excluding hydrogens is 182 g/mol. The van der Waals surface area contributed by atoms with Gasteiger partial charge in [-0.15, -0.1) is 0 Å². The van der Waals surface area contributed by atoms with Crippen molar-refractivity contribution in [2.45, 2.75) is 19.9 Å². The van der Waals surface area contributed by atoms with Crippen LogP contribution in [0.1, 0.15) is 23.0 Å². The van der Waals surface area contributed by atoms with E-state index in [0.717, 1.165) is 5.56 Å². The summed E-state index contributed by atoms with van der Waals surface area (Å²) in [4.78, 5) is 13.2. The van der Waals surface area contributed by atoms with Gasteiger partial charge < -0.3 is 14.4 Å². The minimum absolute atomic E-state index is 0.0536. The van der Waals surface area contributed by atoms with Gasteiger partial charge in [0.2, 0.25) is 0 Å². The number of carbonyl (C=O) groups is 1. The van der Waals surface area contributed by atoms with Crippen LogP contribution >= 0.6 is 0 Å². The van der Waals surface area contributed by atoms with Crippen LogP contribution in [-0.4, -0.2) is 35.6 Å². The fraction of sp³-hybridized carbons (Fsp3) is 0.500. The van der Waals surface area contributed by atoms with Crippen molar-refractivity contribution >= 4 is 5.91 Å². The van der Waals surface area contributed by atoms with Gasteiger partial charge in [-0.3, -0.25) is 4.79 Å². The lowest BCUT2D eigenvalue weighted by molar-refractivity contribution is 0.0650. The number of hydrogen-bond acceptors (Lipinski definition) is 3. The van der Waals surface area contributed by atoms with Crippen LogP contribution in [0.4, 0.5) is 0 Å². The van der Waals surface area contributed by atoms with E-state index in [0.29, 0.717) is 5.76 Å². The molecule has 1 atom stereocenters. The molecule has 0 bridgehead atoms. The first-order valence-electron chi connectivity index (χ1n) is 4.50. The van der Waals surface area contributed by atoms with Crippen molar-refractivity contribution in [2.24, 2.45) is 0 Å². The average molecular weight is 197 g/mol. The monoisotopic (exact) mass is 197 g/mol. The third-order valence-corrected chi connectivity index (χ3v) is 2.30. The maximum Gasteiger partial charge on any atom is 0.289 e. The molecule has 1 aromatic heterocycles. The SMILES string of the molecule is Cc1ccoc1C(=O)N(C)C(C)CO. The number of aryl methyl sites for hydroxylation is 1. The van der Waals surface area contributed by atoms with Crippen molar-refractivity contribution in [3.05, 3.63) is 23.7 Å². The van der Waals surface area contributed by atoms with Gasteiger partial charge in [-0.05, 0) is 19.9 Å². The first kappa shape index (κ1) is 10.8. The number of amides is 1. The van der Waals surface area contributed by atoms with Gasteiger partial charge in [0.15, 0.2) is 5.76 Å². The zero-order valence-corrected chi connectivity index (χ0v) is 8.65. The number of carbonyl (C=O) groups excluding carboxylic acids is 1. The number of rotatable bonds is 3. The Morgan fingerprint density at radius 2 is 2.36 bits per heavy atom. The van der Waals surface area contributed by atoms with Crippen molar-refractivity contribution in [2.75, 3.05) is 13.7 Å². The van der Waals surface area contributed by atoms with E-state index in [1.165, 1.54) is 11.2 Å². The highest BCUT2D eigenvalue weighted by molar-refractivity contribution is 5.92. The second kappa shape index (κ2) is 4.28. The second-order valence-corrected chi connectivity index (χ2v) is 3.38. The highest BCUT2D eigenvalue weighted by Crippen LogP contribution is 2.12. The number of nitrogens with zero attached hydrogens (tertiary/aromatic N) is 1. The Morgan fingerprint density at radius 3 is 2.79 bits per heavy atom. The van der Waals surface area contributed by atoms with Crippen molar-refractivity contribution < 1.29 is 14.3 Å². The van der Waals surface area contributed by atoms with Crippen LogP contribution in [0.2, 0.25) is 0 Å². The van der Waals surface area contributed by atoms with Crippen molar-refractivity contribution in [1.29, 1.82) is 0 Å². The van der Waals surface area contributed by atoms with E-state index >= 15 is 0 Å². The fourth-order valence-electron chi connectivity index (χ4n) is 1.07. The van der Waals surface area contributed by atoms with Crippen molar-refractivity contribution in [3.63, 3.8) is 0 Å². The molecule has 4 nitrogen and oxygen atoms in total. The summed E-state index contributed by atoms with van der Waals surface area (Å²) in [6, 6.07) is 1.54. The molecule has 1 unspecified atom stereocenters. The Bertz CT molecular complexity index is 319. The molecule has 1 heterocycles. The minimum Gasteiger partial charge on any atom is -0.459 e. The van der Waals surface area contributed by atoms with E-state index in [-0.39, 0.29) is 18.6 Å². The number of likely N-dealkylation sites (N-methyl/N-ethyl adjacent to an activating group) is 1. The van der Waals surface area contributed by atoms with Gasteiger partial charge in [0, 0.05) is 12.6 Å². The molecule has 0 aliphatic carbocycles. The smallest absolute Gasteiger partial charge is 0.289 e. The van der Waals surface area contributed by atoms with Gasteiger partial charge in [0.05, 0.1) is 18.9 Å². The maximum atomic E-state index is 11.7. The molecule has 78 valence electrons. The lowest BCUT2D eigenvalue weighted by Crippen LogP contribution is -2.37. The van der Waals surface area contributed by atoms with Gasteiger partial charge in [0.25, 0.3) is 5.91 Å². The molecule has 0 spiro atoms. The Labute approximate surface area is 83.1 Å². The molecule has 4 heteroatoms. The summed E-state index contributed by atoms with van der Waals surface area (Å²) in [5.74, 6) is 0.141. The van der Waals surface area contributed by atoms with E-state index in [4.69, 9.17) is 9.52 Å². The second-order valence-electron chi connectivity index (χ2n) is 3.38. The minimum atomic E-state index is -0.202. The quantitative estimate of drug-likeness (QED) is 0.787. The summed E-state index contributed by atoms with van der Waals surface area (Å²) in [6.45, 7) is 3.53. The van der Waals surface area contributed by atoms with Crippen LogP contribution in [-0.2, 0) is 0 Å². The average Bonchev–Trinajstić information content (AvgIpc) is 2.61. The predicted octanol–water partition coefficient (Wildman–Crippen LogP) is 1.04. The van der Waals surface area contributed by atoms with Crippen molar-refractivity contribution in [1.82, 2.24) is 4.90 Å². The van der Waals surface area contributed by atoms with Crippen molar-refractivity contribution in [3.8, 4) is 0 Å². The highest BCUT2D eigenvalue weighted by atomic mass is 16.3. The summed E-state index contributed by atoms with van der Waals surface area (Å²) < 4.78 is 5.07. The fourth-order valence-corrected chi connectivity index (χ4v) is 1.07. The van der Waals surface area contributed by atoms with E-state index < -0.39 is 0 Å².